The molecular formula is C14H20. The molecule has 0 radical (unpaired) electrons. The highest BCUT2D eigenvalue weighted by Crippen LogP contribution is 2.19. The van der Waals surface area contributed by atoms with Crippen molar-refractivity contribution in [3.8, 4) is 0 Å². The van der Waals surface area contributed by atoms with Crippen molar-refractivity contribution in [3.63, 3.8) is 0 Å². The molecule has 0 aliphatic carbocycles. The normalized spacial score (nSPS) is 11.9. The number of aryl methyl sites for hydroxylation is 2. The maximum absolute atomic E-state index is 2.33. The van der Waals surface area contributed by atoms with Crippen molar-refractivity contribution in [3.05, 3.63) is 41.0 Å². The second-order valence-electron chi connectivity index (χ2n) is 3.66. The van der Waals surface area contributed by atoms with Crippen molar-refractivity contribution in [2.75, 3.05) is 0 Å². The van der Waals surface area contributed by atoms with Gasteiger partial charge in [-0.2, -0.15) is 0 Å². The van der Waals surface area contributed by atoms with Crippen LogP contribution in [0.5, 0.6) is 0 Å². The summed E-state index contributed by atoms with van der Waals surface area (Å²) in [5.41, 5.74) is 5.70. The maximum atomic E-state index is 2.33. The van der Waals surface area contributed by atoms with Crippen LogP contribution in [0, 0.1) is 0 Å². The Bertz CT molecular complexity index is 332. The van der Waals surface area contributed by atoms with Gasteiger partial charge in [0.1, 0.15) is 0 Å². The van der Waals surface area contributed by atoms with Crippen LogP contribution in [0.15, 0.2) is 24.3 Å². The Balaban J connectivity index is 3.14. The zero-order chi connectivity index (χ0) is 10.6. The van der Waals surface area contributed by atoms with Gasteiger partial charge in [-0.25, -0.2) is 0 Å². The van der Waals surface area contributed by atoms with Crippen molar-refractivity contribution in [2.24, 2.45) is 0 Å². The van der Waals surface area contributed by atoms with Crippen LogP contribution in [0.25, 0.3) is 5.57 Å². The van der Waals surface area contributed by atoms with Gasteiger partial charge in [-0.05, 0) is 49.0 Å². The molecule has 0 spiro atoms. The molecule has 0 N–H and O–H groups in total. The van der Waals surface area contributed by atoms with Gasteiger partial charge in [0.05, 0.1) is 0 Å². The minimum atomic E-state index is 1.13. The summed E-state index contributed by atoms with van der Waals surface area (Å²) in [4.78, 5) is 0. The lowest BCUT2D eigenvalue weighted by Gasteiger charge is -2.09. The Morgan fingerprint density at radius 3 is 2.29 bits per heavy atom. The van der Waals surface area contributed by atoms with Crippen LogP contribution in [0.4, 0.5) is 0 Å². The molecule has 0 aromatic heterocycles. The number of hydrogen-bond donors (Lipinski definition) is 0. The molecule has 0 amide bonds. The van der Waals surface area contributed by atoms with Gasteiger partial charge in [-0.15, -0.1) is 0 Å². The average molecular weight is 188 g/mol. The van der Waals surface area contributed by atoms with Crippen LogP contribution >= 0.6 is 0 Å². The summed E-state index contributed by atoms with van der Waals surface area (Å²) in [5.74, 6) is 0. The van der Waals surface area contributed by atoms with Crippen LogP contribution in [0.2, 0.25) is 0 Å². The molecule has 76 valence electrons. The van der Waals surface area contributed by atoms with Crippen molar-refractivity contribution in [1.29, 1.82) is 0 Å². The summed E-state index contributed by atoms with van der Waals surface area (Å²) in [6.45, 7) is 8.70. The molecule has 0 unspecified atom stereocenters. The summed E-state index contributed by atoms with van der Waals surface area (Å²) in [5, 5.41) is 0. The van der Waals surface area contributed by atoms with E-state index in [0.717, 1.165) is 12.8 Å². The minimum absolute atomic E-state index is 1.13. The fraction of sp³-hybridized carbons (Fsp3) is 0.429. The molecule has 0 fully saturated rings. The van der Waals surface area contributed by atoms with Gasteiger partial charge in [-0.3, -0.25) is 0 Å². The molecule has 0 aliphatic rings. The Kier molecular flexibility index (Phi) is 3.94. The molecule has 0 saturated heterocycles. The molecule has 0 heterocycles. The predicted octanol–water partition coefficient (Wildman–Crippen LogP) is 4.23. The van der Waals surface area contributed by atoms with E-state index in [-0.39, 0.29) is 0 Å². The van der Waals surface area contributed by atoms with E-state index in [1.54, 1.807) is 0 Å². The Hall–Kier alpha value is -1.04. The SMILES string of the molecule is C/C=C(/C)c1ccc(CC)c(CC)c1. The van der Waals surface area contributed by atoms with E-state index in [1.807, 2.05) is 0 Å². The highest BCUT2D eigenvalue weighted by Gasteiger charge is 2.01. The first-order chi connectivity index (χ1) is 6.72. The topological polar surface area (TPSA) is 0 Å². The molecule has 1 aromatic carbocycles. The summed E-state index contributed by atoms with van der Waals surface area (Å²) in [7, 11) is 0. The smallest absolute Gasteiger partial charge is 0.0228 e. The van der Waals surface area contributed by atoms with E-state index in [1.165, 1.54) is 22.3 Å². The van der Waals surface area contributed by atoms with E-state index in [4.69, 9.17) is 0 Å². The lowest BCUT2D eigenvalue weighted by Crippen LogP contribution is -1.92. The third-order valence-corrected chi connectivity index (χ3v) is 2.86. The Labute approximate surface area is 87.7 Å². The highest BCUT2D eigenvalue weighted by molar-refractivity contribution is 5.64. The van der Waals surface area contributed by atoms with E-state index in [9.17, 15) is 0 Å². The van der Waals surface area contributed by atoms with Crippen molar-refractivity contribution < 1.29 is 0 Å². The molecular weight excluding hydrogens is 168 g/mol. The van der Waals surface area contributed by atoms with E-state index in [0.29, 0.717) is 0 Å². The van der Waals surface area contributed by atoms with Gasteiger partial charge in [0.15, 0.2) is 0 Å². The van der Waals surface area contributed by atoms with E-state index < -0.39 is 0 Å². The lowest BCUT2D eigenvalue weighted by molar-refractivity contribution is 1.03. The molecule has 1 aromatic rings. The summed E-state index contributed by atoms with van der Waals surface area (Å²) in [6.07, 6.45) is 4.44. The lowest BCUT2D eigenvalue weighted by atomic mass is 9.97. The summed E-state index contributed by atoms with van der Waals surface area (Å²) in [6, 6.07) is 6.82. The van der Waals surface area contributed by atoms with Crippen molar-refractivity contribution >= 4 is 5.57 Å². The van der Waals surface area contributed by atoms with Crippen molar-refractivity contribution in [1.82, 2.24) is 0 Å². The van der Waals surface area contributed by atoms with Crippen molar-refractivity contribution in [2.45, 2.75) is 40.5 Å². The summed E-state index contributed by atoms with van der Waals surface area (Å²) < 4.78 is 0. The molecule has 14 heavy (non-hydrogen) atoms. The molecule has 0 heteroatoms. The first-order valence-electron chi connectivity index (χ1n) is 5.48. The minimum Gasteiger partial charge on any atom is -0.0841 e. The van der Waals surface area contributed by atoms with Crippen LogP contribution in [0.3, 0.4) is 0 Å². The van der Waals surface area contributed by atoms with Crippen LogP contribution in [-0.4, -0.2) is 0 Å². The first-order valence-corrected chi connectivity index (χ1v) is 5.48. The second kappa shape index (κ2) is 4.99. The molecule has 1 rings (SSSR count). The monoisotopic (exact) mass is 188 g/mol. The average Bonchev–Trinajstić information content (AvgIpc) is 2.26. The molecule has 0 nitrogen and oxygen atoms in total. The van der Waals surface area contributed by atoms with E-state index >= 15 is 0 Å². The third-order valence-electron chi connectivity index (χ3n) is 2.86. The quantitative estimate of drug-likeness (QED) is 0.665. The highest BCUT2D eigenvalue weighted by atomic mass is 14.1. The first kappa shape index (κ1) is 11.0. The van der Waals surface area contributed by atoms with Crippen LogP contribution < -0.4 is 0 Å². The third kappa shape index (κ3) is 2.25. The number of allylic oxidation sites excluding steroid dienone is 2. The fourth-order valence-corrected chi connectivity index (χ4v) is 1.71. The van der Waals surface area contributed by atoms with Crippen LogP contribution in [-0.2, 0) is 12.8 Å². The van der Waals surface area contributed by atoms with Gasteiger partial charge in [0.2, 0.25) is 0 Å². The maximum Gasteiger partial charge on any atom is -0.0228 e. The largest absolute Gasteiger partial charge is 0.0841 e. The number of benzene rings is 1. The van der Waals surface area contributed by atoms with Gasteiger partial charge in [0, 0.05) is 0 Å². The molecule has 0 saturated carbocycles. The zero-order valence-corrected chi connectivity index (χ0v) is 9.72. The van der Waals surface area contributed by atoms with Gasteiger partial charge in [0.25, 0.3) is 0 Å². The van der Waals surface area contributed by atoms with Gasteiger partial charge < -0.3 is 0 Å². The zero-order valence-electron chi connectivity index (χ0n) is 9.72. The molecule has 0 aliphatic heterocycles. The standard InChI is InChI=1S/C14H20/c1-5-11(4)14-9-8-12(6-2)13(7-3)10-14/h5,8-10H,6-7H2,1-4H3/b11-5-. The van der Waals surface area contributed by atoms with Gasteiger partial charge >= 0.3 is 0 Å². The second-order valence-corrected chi connectivity index (χ2v) is 3.66. The summed E-state index contributed by atoms with van der Waals surface area (Å²) >= 11 is 0. The molecule has 0 atom stereocenters. The fourth-order valence-electron chi connectivity index (χ4n) is 1.71. The van der Waals surface area contributed by atoms with E-state index in [2.05, 4.69) is 52.0 Å². The van der Waals surface area contributed by atoms with Gasteiger partial charge in [-0.1, -0.05) is 38.1 Å². The van der Waals surface area contributed by atoms with Crippen LogP contribution in [0.1, 0.15) is 44.4 Å². The predicted molar refractivity (Wildman–Crippen MR) is 64.5 cm³/mol. The Morgan fingerprint density at radius 1 is 1.14 bits per heavy atom. The molecule has 0 bridgehead atoms. The number of rotatable bonds is 3. The Morgan fingerprint density at radius 2 is 1.79 bits per heavy atom. The number of hydrogen-bond acceptors (Lipinski definition) is 0.